The minimum atomic E-state index is 0. The van der Waals surface area contributed by atoms with Gasteiger partial charge in [0.2, 0.25) is 0 Å². The molecule has 0 aliphatic carbocycles. The van der Waals surface area contributed by atoms with E-state index in [1.54, 1.807) is 0 Å². The van der Waals surface area contributed by atoms with Crippen LogP contribution in [-0.2, 0) is 42.1 Å². The third-order valence-corrected chi connectivity index (χ3v) is 10.8. The molecule has 0 fully saturated rings. The van der Waals surface area contributed by atoms with Crippen molar-refractivity contribution in [1.29, 1.82) is 0 Å². The van der Waals surface area contributed by atoms with Crippen LogP contribution in [0.5, 0.6) is 0 Å². The molecule has 10 heteroatoms. The molecule has 0 radical (unpaired) electrons. The van der Waals surface area contributed by atoms with E-state index < -0.39 is 0 Å². The van der Waals surface area contributed by atoms with Crippen LogP contribution in [0.2, 0.25) is 0 Å². The van der Waals surface area contributed by atoms with E-state index in [9.17, 15) is 0 Å². The summed E-state index contributed by atoms with van der Waals surface area (Å²) in [5.41, 5.74) is 13.4. The maximum Gasteiger partial charge on any atom is 0.0494 e. The van der Waals surface area contributed by atoms with Crippen molar-refractivity contribution >= 4 is 34.1 Å². The van der Waals surface area contributed by atoms with Gasteiger partial charge in [0.05, 0.1) is 0 Å². The summed E-state index contributed by atoms with van der Waals surface area (Å²) in [5.74, 6) is 0. The Kier molecular flexibility index (Phi) is 17.2. The summed E-state index contributed by atoms with van der Waals surface area (Å²) >= 11 is 0. The van der Waals surface area contributed by atoms with Crippen molar-refractivity contribution in [1.82, 2.24) is 19.6 Å². The fourth-order valence-electron chi connectivity index (χ4n) is 7.49. The predicted octanol–water partition coefficient (Wildman–Crippen LogP) is 13.1. The second-order valence-electron chi connectivity index (χ2n) is 15.3. The Morgan fingerprint density at radius 2 is 0.691 bits per heavy atom. The van der Waals surface area contributed by atoms with Crippen molar-refractivity contribution in [3.8, 4) is 33.6 Å². The van der Waals surface area contributed by atoms with Gasteiger partial charge in [-0.25, -0.2) is 0 Å². The number of rotatable bonds is 6. The molecule has 344 valence electrons. The summed E-state index contributed by atoms with van der Waals surface area (Å²) < 4.78 is 3.67. The molecule has 2 aliphatic heterocycles. The molecule has 0 saturated carbocycles. The molecule has 10 aromatic rings. The first-order valence-electron chi connectivity index (χ1n) is 21.6. The predicted molar refractivity (Wildman–Crippen MR) is 269 cm³/mol. The minimum Gasteiger partial charge on any atom is -0.504 e. The molecule has 0 spiro atoms. The monoisotopic (exact) mass is 1240 g/mol. The van der Waals surface area contributed by atoms with E-state index in [0.717, 1.165) is 45.0 Å². The maximum atomic E-state index is 4.25. The number of anilines is 6. The van der Waals surface area contributed by atoms with Crippen LogP contribution in [0.15, 0.2) is 231 Å². The number of benzene rings is 8. The number of hydrogen-bond acceptors (Lipinski definition) is 6. The van der Waals surface area contributed by atoms with E-state index in [-0.39, 0.29) is 42.1 Å². The van der Waals surface area contributed by atoms with Gasteiger partial charge in [-0.05, 0) is 75.0 Å². The Morgan fingerprint density at radius 3 is 1.04 bits per heavy atom. The maximum absolute atomic E-state index is 4.25. The van der Waals surface area contributed by atoms with Crippen LogP contribution in [0.1, 0.15) is 0 Å². The summed E-state index contributed by atoms with van der Waals surface area (Å²) in [6.07, 6.45) is 10.0. The van der Waals surface area contributed by atoms with E-state index in [4.69, 9.17) is 0 Å². The first-order chi connectivity index (χ1) is 32.6. The van der Waals surface area contributed by atoms with Gasteiger partial charge >= 0.3 is 0 Å². The zero-order chi connectivity index (χ0) is 44.9. The van der Waals surface area contributed by atoms with Gasteiger partial charge < -0.3 is 29.0 Å². The van der Waals surface area contributed by atoms with E-state index in [2.05, 4.69) is 167 Å². The number of nitrogens with zero attached hydrogens (tertiary/aromatic N) is 8. The molecule has 8 nitrogen and oxygen atoms in total. The molecule has 0 atom stereocenters. The van der Waals surface area contributed by atoms with E-state index >= 15 is 0 Å². The van der Waals surface area contributed by atoms with Gasteiger partial charge in [-0.3, -0.25) is 10.2 Å². The molecule has 4 heterocycles. The number of fused-ring (bicyclic) bond motifs is 2. The number of hydrogen-bond donors (Lipinski definition) is 0. The summed E-state index contributed by atoms with van der Waals surface area (Å²) in [6, 6.07) is 79.6. The quantitative estimate of drug-likeness (QED) is 0.155. The van der Waals surface area contributed by atoms with E-state index in [1.165, 1.54) is 22.7 Å². The molecule has 68 heavy (non-hydrogen) atoms. The number of aromatic nitrogens is 4. The van der Waals surface area contributed by atoms with Gasteiger partial charge in [0.1, 0.15) is 0 Å². The molecular formula is C58H46N8Pt2-6. The average Bonchev–Trinajstić information content (AvgIpc) is 4.23. The van der Waals surface area contributed by atoms with Crippen LogP contribution in [0.25, 0.3) is 33.6 Å². The Labute approximate surface area is 428 Å². The van der Waals surface area contributed by atoms with E-state index in [1.807, 2.05) is 155 Å². The molecule has 0 N–H and O–H groups in total. The summed E-state index contributed by atoms with van der Waals surface area (Å²) in [7, 11) is 4.11. The largest absolute Gasteiger partial charge is 0.504 e. The van der Waals surface area contributed by atoms with Crippen LogP contribution in [0.4, 0.5) is 34.1 Å². The van der Waals surface area contributed by atoms with Crippen LogP contribution >= 0.6 is 0 Å². The van der Waals surface area contributed by atoms with Gasteiger partial charge in [-0.1, -0.05) is 109 Å². The summed E-state index contributed by atoms with van der Waals surface area (Å²) in [4.78, 5) is 8.54. The van der Waals surface area contributed by atoms with Crippen molar-refractivity contribution in [3.63, 3.8) is 0 Å². The van der Waals surface area contributed by atoms with Gasteiger partial charge in [-0.2, -0.15) is 74.0 Å². The standard InChI is InChI=1S/2C15H11N2.2C14H12N2.2Pt/c2*1-3-7-13(8-4-1)14-11-16-17(12-14)15-9-5-2-6-10-15;2*1-15-11-16(12-7-3-2-4-8-12)14-10-6-5-9-13(14)15;;/h2*1-10,12H;2*2-7,9-11H,1H3;;/q2*-1;2*-2;;. The average molecular weight is 1250 g/mol. The molecule has 0 bridgehead atoms. The third-order valence-electron chi connectivity index (χ3n) is 10.8. The molecule has 0 unspecified atom stereocenters. The zero-order valence-electron chi connectivity index (χ0n) is 37.3. The van der Waals surface area contributed by atoms with Crippen LogP contribution in [0, 0.1) is 37.9 Å². The molecule has 0 amide bonds. The minimum absolute atomic E-state index is 0. The second kappa shape index (κ2) is 24.0. The molecular weight excluding hydrogens is 1200 g/mol. The van der Waals surface area contributed by atoms with Crippen LogP contribution < -0.4 is 19.6 Å². The third kappa shape index (κ3) is 11.8. The normalized spacial score (nSPS) is 11.8. The van der Waals surface area contributed by atoms with Crippen molar-refractivity contribution < 1.29 is 42.1 Å². The van der Waals surface area contributed by atoms with Crippen molar-refractivity contribution in [2.45, 2.75) is 0 Å². The van der Waals surface area contributed by atoms with Gasteiger partial charge in [0, 0.05) is 76.3 Å². The topological polar surface area (TPSA) is 48.6 Å². The smallest absolute Gasteiger partial charge is 0.0494 e. The summed E-state index contributed by atoms with van der Waals surface area (Å²) in [6.45, 7) is 4.16. The molecule has 12 rings (SSSR count). The number of para-hydroxylation sites is 8. The molecule has 8 aromatic carbocycles. The Bertz CT molecular complexity index is 2710. The van der Waals surface area contributed by atoms with Crippen LogP contribution in [0.3, 0.4) is 0 Å². The molecule has 2 aliphatic rings. The SMILES string of the molecule is CN1[CH-]N(c2[c-]cccc2)c2ccccc21.CN1[CH-]N(c2[c-]cccc2)c2ccccc21.[Pt].[Pt].[c-]1nn(-c2ccccc2)cc1-c1ccccc1.[c-]1nn(-c2ccccc2)cc1-c1ccccc1. The first-order valence-corrected chi connectivity index (χ1v) is 21.6. The van der Waals surface area contributed by atoms with Gasteiger partial charge in [-0.15, -0.1) is 57.9 Å². The van der Waals surface area contributed by atoms with Crippen molar-refractivity contribution in [3.05, 3.63) is 269 Å². The van der Waals surface area contributed by atoms with Gasteiger partial charge in [0.25, 0.3) is 0 Å². The van der Waals surface area contributed by atoms with Crippen molar-refractivity contribution in [2.24, 2.45) is 0 Å². The van der Waals surface area contributed by atoms with E-state index in [0.29, 0.717) is 0 Å². The Hall–Kier alpha value is -7.24. The first kappa shape index (κ1) is 48.7. The zero-order valence-corrected chi connectivity index (χ0v) is 41.8. The molecule has 2 aromatic heterocycles. The molecule has 0 saturated heterocycles. The second-order valence-corrected chi connectivity index (χ2v) is 15.3. The fraction of sp³-hybridized carbons (Fsp3) is 0.0345. The summed E-state index contributed by atoms with van der Waals surface area (Å²) in [5, 5.41) is 8.51. The Morgan fingerprint density at radius 1 is 0.368 bits per heavy atom. The fourth-order valence-corrected chi connectivity index (χ4v) is 7.49. The van der Waals surface area contributed by atoms with Gasteiger partial charge in [0.15, 0.2) is 0 Å². The van der Waals surface area contributed by atoms with Crippen LogP contribution in [-0.4, -0.2) is 33.7 Å². The van der Waals surface area contributed by atoms with Crippen molar-refractivity contribution in [2.75, 3.05) is 33.7 Å². The Balaban J connectivity index is 0.000000133.